The van der Waals surface area contributed by atoms with Gasteiger partial charge in [0, 0.05) is 24.7 Å². The van der Waals surface area contributed by atoms with Gasteiger partial charge in [-0.3, -0.25) is 4.90 Å². The van der Waals surface area contributed by atoms with Crippen molar-refractivity contribution in [2.45, 2.75) is 57.3 Å². The molecule has 0 aromatic heterocycles. The zero-order chi connectivity index (χ0) is 13.4. The molecule has 2 atom stereocenters. The average molecular weight is 262 g/mol. The summed E-state index contributed by atoms with van der Waals surface area (Å²) in [6, 6.07) is 7.16. The van der Waals surface area contributed by atoms with E-state index < -0.39 is 0 Å². The number of nitrogens with one attached hydrogen (secondary N) is 1. The van der Waals surface area contributed by atoms with E-state index in [0.29, 0.717) is 18.1 Å². The number of aryl methyl sites for hydroxylation is 1. The van der Waals surface area contributed by atoms with E-state index >= 15 is 0 Å². The van der Waals surface area contributed by atoms with Crippen LogP contribution in [0.2, 0.25) is 0 Å². The molecule has 2 aliphatic rings. The number of rotatable bonds is 3. The predicted molar refractivity (Wildman–Crippen MR) is 75.6 cm³/mol. The Morgan fingerprint density at radius 3 is 2.63 bits per heavy atom. The van der Waals surface area contributed by atoms with Gasteiger partial charge in [0.2, 0.25) is 0 Å². The second-order valence-electron chi connectivity index (χ2n) is 6.25. The minimum Gasteiger partial charge on any atom is -0.311 e. The Hall–Kier alpha value is -0.930. The molecule has 3 heteroatoms. The fourth-order valence-corrected chi connectivity index (χ4v) is 3.60. The van der Waals surface area contributed by atoms with Crippen LogP contribution >= 0.6 is 0 Å². The first-order chi connectivity index (χ1) is 9.11. The summed E-state index contributed by atoms with van der Waals surface area (Å²) < 4.78 is 13.3. The molecular weight excluding hydrogens is 239 g/mol. The molecule has 2 bridgehead atoms. The van der Waals surface area contributed by atoms with E-state index in [0.717, 1.165) is 12.1 Å². The first kappa shape index (κ1) is 13.1. The highest BCUT2D eigenvalue weighted by atomic mass is 19.1. The second kappa shape index (κ2) is 5.22. The third-order valence-corrected chi connectivity index (χ3v) is 4.80. The highest BCUT2D eigenvalue weighted by Gasteiger charge is 2.34. The molecule has 3 rings (SSSR count). The molecule has 104 valence electrons. The van der Waals surface area contributed by atoms with E-state index in [1.165, 1.54) is 31.2 Å². The Labute approximate surface area is 115 Å². The van der Waals surface area contributed by atoms with E-state index in [9.17, 15) is 4.39 Å². The molecule has 19 heavy (non-hydrogen) atoms. The molecule has 2 heterocycles. The van der Waals surface area contributed by atoms with Gasteiger partial charge in [0.05, 0.1) is 0 Å². The van der Waals surface area contributed by atoms with E-state index in [2.05, 4.69) is 24.2 Å². The molecule has 2 aliphatic heterocycles. The highest BCUT2D eigenvalue weighted by Crippen LogP contribution is 2.30. The predicted octanol–water partition coefficient (Wildman–Crippen LogP) is 2.85. The van der Waals surface area contributed by atoms with Gasteiger partial charge in [-0.15, -0.1) is 0 Å². The van der Waals surface area contributed by atoms with Crippen molar-refractivity contribution in [1.82, 2.24) is 10.2 Å². The monoisotopic (exact) mass is 262 g/mol. The molecule has 1 N–H and O–H groups in total. The van der Waals surface area contributed by atoms with Gasteiger partial charge in [-0.2, -0.15) is 0 Å². The molecule has 0 spiro atoms. The molecule has 2 fully saturated rings. The van der Waals surface area contributed by atoms with Crippen LogP contribution in [-0.4, -0.2) is 30.1 Å². The molecule has 0 amide bonds. The standard InChI is InChI=1S/C16H23FN2/c1-11-3-4-13(17)7-12(11)10-19(2)16-8-14-5-6-15(9-16)18-14/h3-4,7,14-16,18H,5-6,8-10H2,1-2H3. The SMILES string of the molecule is Cc1ccc(F)cc1CN(C)C1CC2CCC(C1)N2. The summed E-state index contributed by atoms with van der Waals surface area (Å²) in [4.78, 5) is 2.41. The third-order valence-electron chi connectivity index (χ3n) is 4.80. The molecule has 1 aromatic rings. The summed E-state index contributed by atoms with van der Waals surface area (Å²) in [6.07, 6.45) is 5.13. The summed E-state index contributed by atoms with van der Waals surface area (Å²) in [7, 11) is 2.18. The lowest BCUT2D eigenvalue weighted by Crippen LogP contribution is -2.46. The molecule has 0 aliphatic carbocycles. The minimum atomic E-state index is -0.126. The van der Waals surface area contributed by atoms with E-state index in [1.54, 1.807) is 12.1 Å². The van der Waals surface area contributed by atoms with Crippen molar-refractivity contribution in [2.75, 3.05) is 7.05 Å². The van der Waals surface area contributed by atoms with Crippen molar-refractivity contribution in [1.29, 1.82) is 0 Å². The van der Waals surface area contributed by atoms with Gasteiger partial charge >= 0.3 is 0 Å². The Morgan fingerprint density at radius 1 is 1.26 bits per heavy atom. The van der Waals surface area contributed by atoms with Gasteiger partial charge in [0.25, 0.3) is 0 Å². The van der Waals surface area contributed by atoms with Gasteiger partial charge < -0.3 is 5.32 Å². The summed E-state index contributed by atoms with van der Waals surface area (Å²) in [5.74, 6) is -0.126. The van der Waals surface area contributed by atoms with Crippen LogP contribution in [0.5, 0.6) is 0 Å². The largest absolute Gasteiger partial charge is 0.311 e. The molecule has 2 nitrogen and oxygen atoms in total. The molecule has 2 unspecified atom stereocenters. The van der Waals surface area contributed by atoms with Crippen molar-refractivity contribution in [2.24, 2.45) is 0 Å². The van der Waals surface area contributed by atoms with E-state index in [1.807, 2.05) is 6.07 Å². The number of benzene rings is 1. The molecule has 2 saturated heterocycles. The summed E-state index contributed by atoms with van der Waals surface area (Å²) >= 11 is 0. The number of halogens is 1. The van der Waals surface area contributed by atoms with E-state index in [-0.39, 0.29) is 5.82 Å². The van der Waals surface area contributed by atoms with Gasteiger partial charge in [0.1, 0.15) is 5.82 Å². The van der Waals surface area contributed by atoms with Crippen LogP contribution in [0.4, 0.5) is 4.39 Å². The van der Waals surface area contributed by atoms with Crippen LogP contribution in [-0.2, 0) is 6.54 Å². The molecular formula is C16H23FN2. The fourth-order valence-electron chi connectivity index (χ4n) is 3.60. The first-order valence-electron chi connectivity index (χ1n) is 7.33. The smallest absolute Gasteiger partial charge is 0.123 e. The fraction of sp³-hybridized carbons (Fsp3) is 0.625. The quantitative estimate of drug-likeness (QED) is 0.901. The van der Waals surface area contributed by atoms with Crippen LogP contribution in [0.15, 0.2) is 18.2 Å². The van der Waals surface area contributed by atoms with Crippen LogP contribution in [0.25, 0.3) is 0 Å². The van der Waals surface area contributed by atoms with E-state index in [4.69, 9.17) is 0 Å². The van der Waals surface area contributed by atoms with Crippen molar-refractivity contribution in [3.8, 4) is 0 Å². The molecule has 1 aromatic carbocycles. The first-order valence-corrected chi connectivity index (χ1v) is 7.33. The molecule has 0 saturated carbocycles. The zero-order valence-corrected chi connectivity index (χ0v) is 11.8. The van der Waals surface area contributed by atoms with Crippen LogP contribution in [0.1, 0.15) is 36.8 Å². The summed E-state index contributed by atoms with van der Waals surface area (Å²) in [5, 5.41) is 3.67. The number of hydrogen-bond donors (Lipinski definition) is 1. The Morgan fingerprint density at radius 2 is 1.95 bits per heavy atom. The maximum absolute atomic E-state index is 13.3. The summed E-state index contributed by atoms with van der Waals surface area (Å²) in [6.45, 7) is 2.92. The van der Waals surface area contributed by atoms with Gasteiger partial charge in [-0.1, -0.05) is 6.07 Å². The Balaban J connectivity index is 1.67. The number of hydrogen-bond acceptors (Lipinski definition) is 2. The highest BCUT2D eigenvalue weighted by molar-refractivity contribution is 5.26. The lowest BCUT2D eigenvalue weighted by Gasteiger charge is -2.35. The maximum Gasteiger partial charge on any atom is 0.123 e. The van der Waals surface area contributed by atoms with Gasteiger partial charge in [0.15, 0.2) is 0 Å². The number of nitrogens with zero attached hydrogens (tertiary/aromatic N) is 1. The normalized spacial score (nSPS) is 30.0. The average Bonchev–Trinajstić information content (AvgIpc) is 2.72. The number of piperidine rings is 1. The van der Waals surface area contributed by atoms with Crippen molar-refractivity contribution in [3.05, 3.63) is 35.1 Å². The van der Waals surface area contributed by atoms with Crippen LogP contribution in [0, 0.1) is 12.7 Å². The topological polar surface area (TPSA) is 15.3 Å². The maximum atomic E-state index is 13.3. The van der Waals surface area contributed by atoms with Gasteiger partial charge in [-0.25, -0.2) is 4.39 Å². The Bertz CT molecular complexity index is 448. The van der Waals surface area contributed by atoms with Gasteiger partial charge in [-0.05, 0) is 62.9 Å². The van der Waals surface area contributed by atoms with Crippen LogP contribution < -0.4 is 5.32 Å². The third kappa shape index (κ3) is 2.82. The zero-order valence-electron chi connectivity index (χ0n) is 11.8. The Kier molecular flexibility index (Phi) is 3.59. The van der Waals surface area contributed by atoms with Crippen molar-refractivity contribution in [3.63, 3.8) is 0 Å². The molecule has 0 radical (unpaired) electrons. The van der Waals surface area contributed by atoms with Crippen LogP contribution in [0.3, 0.4) is 0 Å². The lowest BCUT2D eigenvalue weighted by atomic mass is 9.97. The number of fused-ring (bicyclic) bond motifs is 2. The minimum absolute atomic E-state index is 0.126. The van der Waals surface area contributed by atoms with Crippen molar-refractivity contribution >= 4 is 0 Å². The van der Waals surface area contributed by atoms with Crippen molar-refractivity contribution < 1.29 is 4.39 Å². The summed E-state index contributed by atoms with van der Waals surface area (Å²) in [5.41, 5.74) is 2.30. The second-order valence-corrected chi connectivity index (χ2v) is 6.25. The lowest BCUT2D eigenvalue weighted by molar-refractivity contribution is 0.165.